The van der Waals surface area contributed by atoms with Crippen molar-refractivity contribution in [3.8, 4) is 0 Å². The summed E-state index contributed by atoms with van der Waals surface area (Å²) in [5, 5.41) is 0. The van der Waals surface area contributed by atoms with E-state index in [1.54, 1.807) is 0 Å². The molecule has 2 N–H and O–H groups in total. The number of nitrogens with zero attached hydrogens (tertiary/aromatic N) is 2. The molecule has 1 aliphatic heterocycles. The van der Waals surface area contributed by atoms with Gasteiger partial charge in [0.15, 0.2) is 0 Å². The van der Waals surface area contributed by atoms with E-state index in [1.807, 2.05) is 0 Å². The van der Waals surface area contributed by atoms with Crippen molar-refractivity contribution in [2.24, 2.45) is 17.6 Å². The van der Waals surface area contributed by atoms with E-state index >= 15 is 0 Å². The Morgan fingerprint density at radius 2 is 1.57 bits per heavy atom. The van der Waals surface area contributed by atoms with Crippen molar-refractivity contribution in [3.63, 3.8) is 0 Å². The van der Waals surface area contributed by atoms with E-state index in [4.69, 9.17) is 5.73 Å². The Balaban J connectivity index is 2.18. The second-order valence-electron chi connectivity index (χ2n) is 6.46. The molecule has 0 aromatic carbocycles. The number of halogens is 3. The molecule has 0 aromatic heterocycles. The van der Waals surface area contributed by atoms with E-state index < -0.39 is 12.7 Å². The van der Waals surface area contributed by atoms with E-state index in [0.717, 1.165) is 45.4 Å². The maximum absolute atomic E-state index is 12.3. The average Bonchev–Trinajstić information content (AvgIpc) is 2.38. The Kier molecular flexibility index (Phi) is 7.98. The normalized spacial score (nSPS) is 20.1. The lowest BCUT2D eigenvalue weighted by atomic mass is 9.88. The van der Waals surface area contributed by atoms with Crippen LogP contribution < -0.4 is 5.73 Å². The molecule has 0 spiro atoms. The smallest absolute Gasteiger partial charge is 0.330 e. The quantitative estimate of drug-likeness (QED) is 0.748. The monoisotopic (exact) mass is 309 g/mol. The Morgan fingerprint density at radius 1 is 1.00 bits per heavy atom. The van der Waals surface area contributed by atoms with Crippen molar-refractivity contribution in [2.75, 3.05) is 45.8 Å². The van der Waals surface area contributed by atoms with Crippen LogP contribution in [0.1, 0.15) is 33.1 Å². The Morgan fingerprint density at radius 3 is 2.05 bits per heavy atom. The number of rotatable bonds is 8. The molecule has 21 heavy (non-hydrogen) atoms. The SMILES string of the molecule is CC(C)C(CCN)CCCN1CCN(CC(F)(F)F)CC1. The molecule has 3 nitrogen and oxygen atoms in total. The summed E-state index contributed by atoms with van der Waals surface area (Å²) in [5.41, 5.74) is 5.64. The van der Waals surface area contributed by atoms with Crippen molar-refractivity contribution in [1.29, 1.82) is 0 Å². The van der Waals surface area contributed by atoms with Gasteiger partial charge < -0.3 is 10.6 Å². The van der Waals surface area contributed by atoms with E-state index in [9.17, 15) is 13.2 Å². The van der Waals surface area contributed by atoms with Gasteiger partial charge in [0, 0.05) is 26.2 Å². The van der Waals surface area contributed by atoms with Gasteiger partial charge in [0.05, 0.1) is 6.54 Å². The number of hydrogen-bond acceptors (Lipinski definition) is 3. The Hall–Kier alpha value is -0.330. The molecular weight excluding hydrogens is 279 g/mol. The highest BCUT2D eigenvalue weighted by Crippen LogP contribution is 2.21. The highest BCUT2D eigenvalue weighted by atomic mass is 19.4. The number of nitrogens with two attached hydrogens (primary N) is 1. The van der Waals surface area contributed by atoms with Gasteiger partial charge in [-0.15, -0.1) is 0 Å². The standard InChI is InChI=1S/C15H30F3N3/c1-13(2)14(5-6-19)4-3-7-20-8-10-21(11-9-20)12-15(16,17)18/h13-14H,3-12,19H2,1-2H3. The molecular formula is C15H30F3N3. The molecule has 0 radical (unpaired) electrons. The van der Waals surface area contributed by atoms with E-state index in [-0.39, 0.29) is 0 Å². The van der Waals surface area contributed by atoms with Gasteiger partial charge in [0.1, 0.15) is 0 Å². The first-order valence-electron chi connectivity index (χ1n) is 8.03. The van der Waals surface area contributed by atoms with Crippen LogP contribution in [-0.4, -0.2) is 61.8 Å². The Bertz CT molecular complexity index is 274. The van der Waals surface area contributed by atoms with Crippen LogP contribution in [0.2, 0.25) is 0 Å². The third kappa shape index (κ3) is 8.02. The summed E-state index contributed by atoms with van der Waals surface area (Å²) in [5.74, 6) is 1.32. The van der Waals surface area contributed by atoms with Crippen LogP contribution in [0.25, 0.3) is 0 Å². The van der Waals surface area contributed by atoms with Crippen molar-refractivity contribution >= 4 is 0 Å². The van der Waals surface area contributed by atoms with Crippen molar-refractivity contribution < 1.29 is 13.2 Å². The predicted molar refractivity (Wildman–Crippen MR) is 80.2 cm³/mol. The second kappa shape index (κ2) is 8.96. The zero-order valence-electron chi connectivity index (χ0n) is 13.3. The second-order valence-corrected chi connectivity index (χ2v) is 6.46. The molecule has 1 unspecified atom stereocenters. The van der Waals surface area contributed by atoms with Crippen LogP contribution in [0.5, 0.6) is 0 Å². The first-order chi connectivity index (χ1) is 9.81. The van der Waals surface area contributed by atoms with Crippen molar-refractivity contribution in [1.82, 2.24) is 9.80 Å². The molecule has 0 aliphatic carbocycles. The zero-order chi connectivity index (χ0) is 15.9. The summed E-state index contributed by atoms with van der Waals surface area (Å²) < 4.78 is 36.9. The van der Waals surface area contributed by atoms with Crippen LogP contribution in [0, 0.1) is 11.8 Å². The summed E-state index contributed by atoms with van der Waals surface area (Å²) in [6.45, 7) is 7.97. The molecule has 1 fully saturated rings. The minimum Gasteiger partial charge on any atom is -0.330 e. The largest absolute Gasteiger partial charge is 0.401 e. The van der Waals surface area contributed by atoms with Gasteiger partial charge in [0.2, 0.25) is 0 Å². The molecule has 1 saturated heterocycles. The van der Waals surface area contributed by atoms with E-state index in [0.29, 0.717) is 24.9 Å². The number of piperazine rings is 1. The fourth-order valence-corrected chi connectivity index (χ4v) is 3.03. The molecule has 0 amide bonds. The van der Waals surface area contributed by atoms with Gasteiger partial charge in [-0.05, 0) is 44.2 Å². The van der Waals surface area contributed by atoms with Gasteiger partial charge in [-0.1, -0.05) is 13.8 Å². The summed E-state index contributed by atoms with van der Waals surface area (Å²) in [4.78, 5) is 3.79. The Labute approximate surface area is 126 Å². The minimum absolute atomic E-state index is 0.524. The van der Waals surface area contributed by atoms with Gasteiger partial charge in [-0.3, -0.25) is 4.90 Å². The molecule has 1 aliphatic rings. The fraction of sp³-hybridized carbons (Fsp3) is 1.00. The zero-order valence-corrected chi connectivity index (χ0v) is 13.3. The van der Waals surface area contributed by atoms with Gasteiger partial charge in [-0.25, -0.2) is 0 Å². The molecule has 0 bridgehead atoms. The third-order valence-electron chi connectivity index (χ3n) is 4.40. The van der Waals surface area contributed by atoms with Crippen LogP contribution in [0.3, 0.4) is 0 Å². The van der Waals surface area contributed by atoms with Gasteiger partial charge in [0.25, 0.3) is 0 Å². The molecule has 0 aromatic rings. The summed E-state index contributed by atoms with van der Waals surface area (Å²) in [7, 11) is 0. The van der Waals surface area contributed by atoms with Crippen LogP contribution >= 0.6 is 0 Å². The molecule has 126 valence electrons. The maximum atomic E-state index is 12.3. The lowest BCUT2D eigenvalue weighted by molar-refractivity contribution is -0.149. The predicted octanol–water partition coefficient (Wildman–Crippen LogP) is 2.57. The van der Waals surface area contributed by atoms with Gasteiger partial charge >= 0.3 is 6.18 Å². The lowest BCUT2D eigenvalue weighted by Gasteiger charge is -2.35. The van der Waals surface area contributed by atoms with Crippen LogP contribution in [-0.2, 0) is 0 Å². The van der Waals surface area contributed by atoms with E-state index in [2.05, 4.69) is 18.7 Å². The summed E-state index contributed by atoms with van der Waals surface area (Å²) in [6.07, 6.45) is -0.731. The van der Waals surface area contributed by atoms with Crippen molar-refractivity contribution in [2.45, 2.75) is 39.3 Å². The van der Waals surface area contributed by atoms with Crippen LogP contribution in [0.4, 0.5) is 13.2 Å². The number of hydrogen-bond donors (Lipinski definition) is 1. The van der Waals surface area contributed by atoms with Crippen LogP contribution in [0.15, 0.2) is 0 Å². The molecule has 1 atom stereocenters. The minimum atomic E-state index is -4.07. The topological polar surface area (TPSA) is 32.5 Å². The molecule has 1 heterocycles. The fourth-order valence-electron chi connectivity index (χ4n) is 3.03. The highest BCUT2D eigenvalue weighted by molar-refractivity contribution is 4.74. The summed E-state index contributed by atoms with van der Waals surface area (Å²) >= 11 is 0. The molecule has 6 heteroatoms. The third-order valence-corrected chi connectivity index (χ3v) is 4.40. The summed E-state index contributed by atoms with van der Waals surface area (Å²) in [6, 6.07) is 0. The molecule has 0 saturated carbocycles. The lowest BCUT2D eigenvalue weighted by Crippen LogP contribution is -2.49. The van der Waals surface area contributed by atoms with Crippen molar-refractivity contribution in [3.05, 3.63) is 0 Å². The van der Waals surface area contributed by atoms with E-state index in [1.165, 1.54) is 4.90 Å². The van der Waals surface area contributed by atoms with Gasteiger partial charge in [-0.2, -0.15) is 13.2 Å². The average molecular weight is 309 g/mol. The first kappa shape index (κ1) is 18.7. The molecule has 1 rings (SSSR count). The maximum Gasteiger partial charge on any atom is 0.401 e. The number of alkyl halides is 3. The highest BCUT2D eigenvalue weighted by Gasteiger charge is 2.32. The first-order valence-corrected chi connectivity index (χ1v) is 8.03.